The lowest BCUT2D eigenvalue weighted by molar-refractivity contribution is -0.146. The van der Waals surface area contributed by atoms with Crippen molar-refractivity contribution in [1.29, 1.82) is 0 Å². The van der Waals surface area contributed by atoms with Crippen LogP contribution in [-0.4, -0.2) is 24.4 Å². The second-order valence-electron chi connectivity index (χ2n) is 6.39. The van der Waals surface area contributed by atoms with Gasteiger partial charge in [0, 0.05) is 11.3 Å². The zero-order chi connectivity index (χ0) is 20.6. The van der Waals surface area contributed by atoms with Crippen molar-refractivity contribution in [2.45, 2.75) is 6.42 Å². The van der Waals surface area contributed by atoms with Crippen molar-refractivity contribution in [2.75, 3.05) is 11.9 Å². The van der Waals surface area contributed by atoms with E-state index in [-0.39, 0.29) is 6.42 Å². The highest BCUT2D eigenvalue weighted by Gasteiger charge is 2.10. The largest absolute Gasteiger partial charge is 0.455 e. The molecule has 6 heteroatoms. The second-order valence-corrected chi connectivity index (χ2v) is 6.39. The number of amides is 2. The van der Waals surface area contributed by atoms with E-state index in [1.54, 1.807) is 12.1 Å². The van der Waals surface area contributed by atoms with E-state index >= 15 is 0 Å². The Morgan fingerprint density at radius 1 is 0.793 bits per heavy atom. The number of benzene rings is 3. The zero-order valence-corrected chi connectivity index (χ0v) is 15.6. The fourth-order valence-electron chi connectivity index (χ4n) is 2.72. The molecule has 0 unspecified atom stereocenters. The number of nitrogens with two attached hydrogens (primary N) is 1. The van der Waals surface area contributed by atoms with Gasteiger partial charge in [-0.05, 0) is 41.0 Å². The molecule has 0 heterocycles. The Kier molecular flexibility index (Phi) is 6.37. The summed E-state index contributed by atoms with van der Waals surface area (Å²) in [6, 6.07) is 23.7. The maximum Gasteiger partial charge on any atom is 0.310 e. The third-order valence-corrected chi connectivity index (χ3v) is 4.23. The number of hydrogen-bond acceptors (Lipinski definition) is 4. The van der Waals surface area contributed by atoms with Crippen LogP contribution in [0.25, 0.3) is 11.1 Å². The molecule has 2 amide bonds. The molecule has 0 spiro atoms. The average Bonchev–Trinajstić information content (AvgIpc) is 2.74. The number of hydrogen-bond donors (Lipinski definition) is 2. The molecule has 3 aromatic carbocycles. The SMILES string of the molecule is NC(=O)c1ccc(NC(=O)COC(=O)Cc2ccc(-c3ccccc3)cc2)cc1. The molecule has 0 saturated heterocycles. The van der Waals surface area contributed by atoms with Gasteiger partial charge in [-0.3, -0.25) is 14.4 Å². The topological polar surface area (TPSA) is 98.5 Å². The van der Waals surface area contributed by atoms with Gasteiger partial charge in [-0.15, -0.1) is 0 Å². The number of carbonyl (C=O) groups excluding carboxylic acids is 3. The normalized spacial score (nSPS) is 10.2. The number of esters is 1. The molecule has 0 aliphatic heterocycles. The quantitative estimate of drug-likeness (QED) is 0.607. The average molecular weight is 388 g/mol. The molecule has 0 bridgehead atoms. The summed E-state index contributed by atoms with van der Waals surface area (Å²) in [6.45, 7) is -0.390. The highest BCUT2D eigenvalue weighted by molar-refractivity contribution is 5.95. The van der Waals surface area contributed by atoms with E-state index in [0.717, 1.165) is 16.7 Å². The Labute approximate surface area is 168 Å². The van der Waals surface area contributed by atoms with Crippen molar-refractivity contribution in [3.05, 3.63) is 90.0 Å². The highest BCUT2D eigenvalue weighted by Crippen LogP contribution is 2.19. The van der Waals surface area contributed by atoms with Crippen LogP contribution in [0.2, 0.25) is 0 Å². The number of rotatable bonds is 7. The first-order chi connectivity index (χ1) is 14.0. The number of ether oxygens (including phenoxy) is 1. The van der Waals surface area contributed by atoms with Crippen molar-refractivity contribution >= 4 is 23.5 Å². The fraction of sp³-hybridized carbons (Fsp3) is 0.0870. The van der Waals surface area contributed by atoms with Gasteiger partial charge < -0.3 is 15.8 Å². The first kappa shape index (κ1) is 19.8. The van der Waals surface area contributed by atoms with E-state index in [1.807, 2.05) is 54.6 Å². The Bertz CT molecular complexity index is 997. The molecule has 3 rings (SSSR count). The van der Waals surface area contributed by atoms with Crippen LogP contribution in [0.15, 0.2) is 78.9 Å². The van der Waals surface area contributed by atoms with Crippen LogP contribution in [0.5, 0.6) is 0 Å². The van der Waals surface area contributed by atoms with Crippen molar-refractivity contribution in [2.24, 2.45) is 5.73 Å². The molecule has 3 N–H and O–H groups in total. The Morgan fingerprint density at radius 3 is 2.03 bits per heavy atom. The van der Waals surface area contributed by atoms with Gasteiger partial charge in [0.05, 0.1) is 6.42 Å². The zero-order valence-electron chi connectivity index (χ0n) is 15.6. The summed E-state index contributed by atoms with van der Waals surface area (Å²) in [5, 5.41) is 2.58. The van der Waals surface area contributed by atoms with Gasteiger partial charge in [-0.2, -0.15) is 0 Å². The van der Waals surface area contributed by atoms with Crippen LogP contribution in [0.1, 0.15) is 15.9 Å². The fourth-order valence-corrected chi connectivity index (χ4v) is 2.72. The first-order valence-electron chi connectivity index (χ1n) is 9.01. The Morgan fingerprint density at radius 2 is 1.41 bits per heavy atom. The van der Waals surface area contributed by atoms with Gasteiger partial charge in [0.1, 0.15) is 0 Å². The summed E-state index contributed by atoms with van der Waals surface area (Å²) in [7, 11) is 0. The van der Waals surface area contributed by atoms with Crippen LogP contribution < -0.4 is 11.1 Å². The van der Waals surface area contributed by atoms with Crippen LogP contribution in [0.3, 0.4) is 0 Å². The summed E-state index contributed by atoms with van der Waals surface area (Å²) < 4.78 is 5.03. The van der Waals surface area contributed by atoms with E-state index in [9.17, 15) is 14.4 Å². The number of anilines is 1. The molecule has 0 aromatic heterocycles. The Hall–Kier alpha value is -3.93. The summed E-state index contributed by atoms with van der Waals surface area (Å²) in [4.78, 5) is 34.9. The van der Waals surface area contributed by atoms with Gasteiger partial charge in [0.15, 0.2) is 6.61 Å². The third kappa shape index (κ3) is 5.77. The van der Waals surface area contributed by atoms with Gasteiger partial charge >= 0.3 is 5.97 Å². The maximum atomic E-state index is 12.0. The number of carbonyl (C=O) groups is 3. The minimum Gasteiger partial charge on any atom is -0.455 e. The predicted octanol–water partition coefficient (Wildman–Crippen LogP) is 3.18. The van der Waals surface area contributed by atoms with E-state index in [0.29, 0.717) is 11.3 Å². The third-order valence-electron chi connectivity index (χ3n) is 4.23. The van der Waals surface area contributed by atoms with Gasteiger partial charge in [-0.1, -0.05) is 54.6 Å². The molecule has 3 aromatic rings. The monoisotopic (exact) mass is 388 g/mol. The van der Waals surface area contributed by atoms with Crippen LogP contribution >= 0.6 is 0 Å². The van der Waals surface area contributed by atoms with Gasteiger partial charge in [0.25, 0.3) is 5.91 Å². The van der Waals surface area contributed by atoms with Gasteiger partial charge in [-0.25, -0.2) is 0 Å². The molecule has 146 valence electrons. The van der Waals surface area contributed by atoms with Crippen molar-refractivity contribution in [1.82, 2.24) is 0 Å². The van der Waals surface area contributed by atoms with Crippen molar-refractivity contribution in [3.8, 4) is 11.1 Å². The molecular formula is C23H20N2O4. The molecular weight excluding hydrogens is 368 g/mol. The summed E-state index contributed by atoms with van der Waals surface area (Å²) in [5.41, 5.74) is 8.94. The number of nitrogens with one attached hydrogen (secondary N) is 1. The molecule has 0 fully saturated rings. The van der Waals surface area contributed by atoms with Crippen LogP contribution in [-0.2, 0) is 20.7 Å². The molecule has 6 nitrogen and oxygen atoms in total. The van der Waals surface area contributed by atoms with E-state index in [2.05, 4.69) is 5.32 Å². The molecule has 0 aliphatic rings. The highest BCUT2D eigenvalue weighted by atomic mass is 16.5. The molecule has 0 atom stereocenters. The smallest absolute Gasteiger partial charge is 0.310 e. The van der Waals surface area contributed by atoms with E-state index in [1.165, 1.54) is 12.1 Å². The molecule has 0 aliphatic carbocycles. The minimum absolute atomic E-state index is 0.0790. The van der Waals surface area contributed by atoms with E-state index in [4.69, 9.17) is 10.5 Å². The lowest BCUT2D eigenvalue weighted by Crippen LogP contribution is -2.21. The second kappa shape index (κ2) is 9.32. The maximum absolute atomic E-state index is 12.0. The summed E-state index contributed by atoms with van der Waals surface area (Å²) >= 11 is 0. The Balaban J connectivity index is 1.46. The predicted molar refractivity (Wildman–Crippen MR) is 110 cm³/mol. The molecule has 0 saturated carbocycles. The van der Waals surface area contributed by atoms with Crippen molar-refractivity contribution < 1.29 is 19.1 Å². The van der Waals surface area contributed by atoms with Gasteiger partial charge in [0.2, 0.25) is 5.91 Å². The lowest BCUT2D eigenvalue weighted by atomic mass is 10.0. The van der Waals surface area contributed by atoms with Crippen molar-refractivity contribution in [3.63, 3.8) is 0 Å². The number of primary amides is 1. The van der Waals surface area contributed by atoms with Crippen LogP contribution in [0.4, 0.5) is 5.69 Å². The lowest BCUT2D eigenvalue weighted by Gasteiger charge is -2.08. The summed E-state index contributed by atoms with van der Waals surface area (Å²) in [6.07, 6.45) is 0.0790. The molecule has 29 heavy (non-hydrogen) atoms. The summed E-state index contributed by atoms with van der Waals surface area (Å²) in [5.74, 6) is -1.50. The molecule has 0 radical (unpaired) electrons. The van der Waals surface area contributed by atoms with Crippen LogP contribution in [0, 0.1) is 0 Å². The minimum atomic E-state index is -0.548. The first-order valence-corrected chi connectivity index (χ1v) is 9.01. The van der Waals surface area contributed by atoms with E-state index < -0.39 is 24.4 Å². The standard InChI is InChI=1S/C23H20N2O4/c24-23(28)19-10-12-20(13-11-19)25-21(26)15-29-22(27)14-16-6-8-18(9-7-16)17-4-2-1-3-5-17/h1-13H,14-15H2,(H2,24,28)(H,25,26).